The summed E-state index contributed by atoms with van der Waals surface area (Å²) in [5, 5.41) is 7.47. The van der Waals surface area contributed by atoms with Gasteiger partial charge in [0.15, 0.2) is 12.3 Å². The van der Waals surface area contributed by atoms with E-state index >= 15 is 0 Å². The van der Waals surface area contributed by atoms with Gasteiger partial charge in [-0.15, -0.1) is 5.10 Å². The number of rotatable bonds is 5. The molecule has 30 heavy (non-hydrogen) atoms. The Bertz CT molecular complexity index is 1160. The third kappa shape index (κ3) is 3.63. The van der Waals surface area contributed by atoms with Gasteiger partial charge in [0.25, 0.3) is 5.91 Å². The quantitative estimate of drug-likeness (QED) is 0.691. The molecule has 0 radical (unpaired) electrons. The van der Waals surface area contributed by atoms with Gasteiger partial charge in [-0.25, -0.2) is 18.9 Å². The molecule has 9 nitrogen and oxygen atoms in total. The summed E-state index contributed by atoms with van der Waals surface area (Å²) >= 11 is 0. The summed E-state index contributed by atoms with van der Waals surface area (Å²) in [6, 6.07) is 5.92. The van der Waals surface area contributed by atoms with E-state index in [2.05, 4.69) is 15.4 Å². The van der Waals surface area contributed by atoms with Crippen LogP contribution < -0.4 is 15.0 Å². The lowest BCUT2D eigenvalue weighted by Crippen LogP contribution is -2.24. The van der Waals surface area contributed by atoms with Gasteiger partial charge < -0.3 is 14.8 Å². The summed E-state index contributed by atoms with van der Waals surface area (Å²) < 4.78 is 26.2. The highest BCUT2D eigenvalue weighted by Gasteiger charge is 2.24. The molecule has 2 amide bonds. The van der Waals surface area contributed by atoms with Crippen LogP contribution in [-0.2, 0) is 16.6 Å². The molecule has 156 valence electrons. The van der Waals surface area contributed by atoms with Crippen LogP contribution in [0.25, 0.3) is 11.0 Å². The molecule has 0 unspecified atom stereocenters. The Morgan fingerprint density at radius 3 is 2.87 bits per heavy atom. The molecule has 1 aromatic carbocycles. The number of hydrogen-bond donors (Lipinski definition) is 1. The fourth-order valence-corrected chi connectivity index (χ4v) is 3.38. The van der Waals surface area contributed by atoms with Crippen molar-refractivity contribution in [2.45, 2.75) is 13.8 Å². The average Bonchev–Trinajstić information content (AvgIpc) is 3.25. The van der Waals surface area contributed by atoms with Crippen LogP contribution in [-0.4, -0.2) is 46.5 Å². The molecule has 0 saturated carbocycles. The van der Waals surface area contributed by atoms with E-state index in [1.165, 1.54) is 23.1 Å². The lowest BCUT2D eigenvalue weighted by molar-refractivity contribution is -0.118. The molecular formula is C20H20FN5O4. The molecule has 3 heterocycles. The van der Waals surface area contributed by atoms with Gasteiger partial charge in [-0.1, -0.05) is 0 Å². The number of aryl methyl sites for hydroxylation is 3. The van der Waals surface area contributed by atoms with Crippen molar-refractivity contribution in [3.8, 4) is 5.88 Å². The predicted octanol–water partition coefficient (Wildman–Crippen LogP) is 2.70. The third-order valence-electron chi connectivity index (χ3n) is 4.72. The zero-order chi connectivity index (χ0) is 21.4. The largest absolute Gasteiger partial charge is 0.466 e. The summed E-state index contributed by atoms with van der Waals surface area (Å²) in [7, 11) is 1.74. The fraction of sp³-hybridized carbons (Fsp3) is 0.300. The number of fused-ring (bicyclic) bond motifs is 1. The van der Waals surface area contributed by atoms with Gasteiger partial charge in [0.2, 0.25) is 5.88 Å². The van der Waals surface area contributed by atoms with Crippen molar-refractivity contribution in [2.24, 2.45) is 7.05 Å². The standard InChI is InChI=1S/C20H20FN5O4/c1-11-8-12(2)22-18-17(11)19(24-25(18)3)30-10-16(27)23-15-9-13(4-5-14(15)21)26-6-7-29-20(26)28/h4-5,8-9H,6-7,10H2,1-3H3,(H,23,27). The fourth-order valence-electron chi connectivity index (χ4n) is 3.38. The number of carbonyl (C=O) groups excluding carboxylic acids is 2. The molecule has 1 aliphatic heterocycles. The Morgan fingerprint density at radius 1 is 1.33 bits per heavy atom. The number of nitrogens with zero attached hydrogens (tertiary/aromatic N) is 4. The molecule has 0 atom stereocenters. The van der Waals surface area contributed by atoms with E-state index in [4.69, 9.17) is 9.47 Å². The summed E-state index contributed by atoms with van der Waals surface area (Å²) in [5.41, 5.74) is 2.81. The number of cyclic esters (lactones) is 1. The minimum atomic E-state index is -0.626. The van der Waals surface area contributed by atoms with Crippen molar-refractivity contribution in [3.63, 3.8) is 0 Å². The molecule has 10 heteroatoms. The van der Waals surface area contributed by atoms with Gasteiger partial charge in [-0.05, 0) is 43.7 Å². The molecule has 1 N–H and O–H groups in total. The van der Waals surface area contributed by atoms with Crippen molar-refractivity contribution in [3.05, 3.63) is 41.3 Å². The molecule has 1 saturated heterocycles. The van der Waals surface area contributed by atoms with Crippen LogP contribution in [0, 0.1) is 19.7 Å². The monoisotopic (exact) mass is 413 g/mol. The highest BCUT2D eigenvalue weighted by Crippen LogP contribution is 2.28. The molecule has 3 aromatic rings. The minimum Gasteiger partial charge on any atom is -0.466 e. The van der Waals surface area contributed by atoms with Crippen LogP contribution in [0.4, 0.5) is 20.6 Å². The van der Waals surface area contributed by atoms with Gasteiger partial charge in [0.1, 0.15) is 12.4 Å². The van der Waals surface area contributed by atoms with Crippen LogP contribution in [0.5, 0.6) is 5.88 Å². The smallest absolute Gasteiger partial charge is 0.414 e. The number of nitrogens with one attached hydrogen (secondary N) is 1. The van der Waals surface area contributed by atoms with E-state index in [-0.39, 0.29) is 24.8 Å². The number of anilines is 2. The first-order chi connectivity index (χ1) is 14.3. The second-order valence-electron chi connectivity index (χ2n) is 6.97. The van der Waals surface area contributed by atoms with E-state index < -0.39 is 17.8 Å². The Kier molecular flexibility index (Phi) is 4.98. The van der Waals surface area contributed by atoms with E-state index in [0.29, 0.717) is 17.9 Å². The van der Waals surface area contributed by atoms with Crippen LogP contribution >= 0.6 is 0 Å². The Balaban J connectivity index is 1.48. The first-order valence-electron chi connectivity index (χ1n) is 9.31. The van der Waals surface area contributed by atoms with Crippen LogP contribution in [0.1, 0.15) is 11.3 Å². The maximum absolute atomic E-state index is 14.2. The second-order valence-corrected chi connectivity index (χ2v) is 6.97. The average molecular weight is 413 g/mol. The van der Waals surface area contributed by atoms with Gasteiger partial charge in [0.05, 0.1) is 17.6 Å². The van der Waals surface area contributed by atoms with Gasteiger partial charge in [-0.3, -0.25) is 9.69 Å². The van der Waals surface area contributed by atoms with Crippen LogP contribution in [0.3, 0.4) is 0 Å². The summed E-state index contributed by atoms with van der Waals surface area (Å²) in [6.07, 6.45) is -0.511. The number of pyridine rings is 1. The maximum atomic E-state index is 14.2. The molecule has 0 aliphatic carbocycles. The molecule has 0 bridgehead atoms. The summed E-state index contributed by atoms with van der Waals surface area (Å²) in [4.78, 5) is 29.9. The van der Waals surface area contributed by atoms with E-state index in [1.54, 1.807) is 11.7 Å². The number of halogens is 1. The minimum absolute atomic E-state index is 0.0554. The number of aromatic nitrogens is 3. The molecule has 1 fully saturated rings. The number of carbonyl (C=O) groups is 2. The number of benzene rings is 1. The van der Waals surface area contributed by atoms with Crippen molar-refractivity contribution in [1.29, 1.82) is 0 Å². The van der Waals surface area contributed by atoms with Crippen LogP contribution in [0.15, 0.2) is 24.3 Å². The highest BCUT2D eigenvalue weighted by molar-refractivity contribution is 5.95. The molecule has 1 aliphatic rings. The molecule has 0 spiro atoms. The first kappa shape index (κ1) is 19.6. The number of hydrogen-bond acceptors (Lipinski definition) is 6. The predicted molar refractivity (Wildman–Crippen MR) is 107 cm³/mol. The zero-order valence-corrected chi connectivity index (χ0v) is 16.7. The lowest BCUT2D eigenvalue weighted by atomic mass is 10.2. The second kappa shape index (κ2) is 7.62. The molecular weight excluding hydrogens is 393 g/mol. The van der Waals surface area contributed by atoms with Crippen LogP contribution in [0.2, 0.25) is 0 Å². The maximum Gasteiger partial charge on any atom is 0.414 e. The Labute approximate surface area is 171 Å². The summed E-state index contributed by atoms with van der Waals surface area (Å²) in [6.45, 7) is 4.06. The highest BCUT2D eigenvalue weighted by atomic mass is 19.1. The first-order valence-corrected chi connectivity index (χ1v) is 9.31. The van der Waals surface area contributed by atoms with E-state index in [9.17, 15) is 14.0 Å². The zero-order valence-electron chi connectivity index (χ0n) is 16.7. The van der Waals surface area contributed by atoms with Crippen molar-refractivity contribution in [2.75, 3.05) is 30.0 Å². The lowest BCUT2D eigenvalue weighted by Gasteiger charge is -2.15. The van der Waals surface area contributed by atoms with Gasteiger partial charge in [0, 0.05) is 18.4 Å². The van der Waals surface area contributed by atoms with E-state index in [1.807, 2.05) is 19.9 Å². The van der Waals surface area contributed by atoms with Crippen molar-refractivity contribution >= 4 is 34.4 Å². The Morgan fingerprint density at radius 2 is 2.13 bits per heavy atom. The summed E-state index contributed by atoms with van der Waals surface area (Å²) in [5.74, 6) is -0.910. The number of amides is 2. The molecule has 2 aromatic heterocycles. The third-order valence-corrected chi connectivity index (χ3v) is 4.72. The molecule has 4 rings (SSSR count). The van der Waals surface area contributed by atoms with Gasteiger partial charge >= 0.3 is 6.09 Å². The Hall–Kier alpha value is -3.69. The topological polar surface area (TPSA) is 98.6 Å². The van der Waals surface area contributed by atoms with Crippen molar-refractivity contribution < 1.29 is 23.5 Å². The van der Waals surface area contributed by atoms with E-state index in [0.717, 1.165) is 16.6 Å². The van der Waals surface area contributed by atoms with Gasteiger partial charge in [-0.2, -0.15) is 0 Å². The van der Waals surface area contributed by atoms with Crippen molar-refractivity contribution in [1.82, 2.24) is 14.8 Å². The SMILES string of the molecule is Cc1cc(C)c2c(OCC(=O)Nc3cc(N4CCOC4=O)ccc3F)nn(C)c2n1. The number of ether oxygens (including phenoxy) is 2. The normalized spacial score (nSPS) is 13.6.